The molecule has 0 heterocycles. The predicted molar refractivity (Wildman–Crippen MR) is 111 cm³/mol. The molecule has 2 aromatic rings. The van der Waals surface area contributed by atoms with Crippen LogP contribution in [0.5, 0.6) is 0 Å². The van der Waals surface area contributed by atoms with Crippen LogP contribution in [0.25, 0.3) is 10.8 Å². The molecule has 0 unspecified atom stereocenters. The van der Waals surface area contributed by atoms with E-state index in [2.05, 4.69) is 11.8 Å². The van der Waals surface area contributed by atoms with Crippen LogP contribution in [-0.4, -0.2) is 52.6 Å². The minimum absolute atomic E-state index is 0.0161. The molecule has 0 atom stereocenters. The Morgan fingerprint density at radius 2 is 1.79 bits per heavy atom. The quantitative estimate of drug-likeness (QED) is 0.375. The monoisotopic (exact) mass is 408 g/mol. The number of fused-ring (bicyclic) bond motifs is 1. The van der Waals surface area contributed by atoms with Gasteiger partial charge in [0.2, 0.25) is 10.0 Å². The molecule has 0 aliphatic heterocycles. The average Bonchev–Trinajstić information content (AvgIpc) is 2.70. The van der Waals surface area contributed by atoms with Gasteiger partial charge in [0, 0.05) is 43.6 Å². The van der Waals surface area contributed by atoms with Crippen LogP contribution in [-0.2, 0) is 14.8 Å². The number of nitrogens with one attached hydrogen (secondary N) is 1. The highest BCUT2D eigenvalue weighted by molar-refractivity contribution is 7.89. The molecule has 0 aromatic heterocycles. The number of hydrogen-bond donors (Lipinski definition) is 2. The number of unbranched alkanes of at least 4 members (excludes halogenated alkanes) is 1. The summed E-state index contributed by atoms with van der Waals surface area (Å²) in [6, 6.07) is 11.0. The van der Waals surface area contributed by atoms with Crippen LogP contribution in [0.15, 0.2) is 41.3 Å². The molecule has 2 rings (SSSR count). The van der Waals surface area contributed by atoms with Gasteiger partial charge in [0.15, 0.2) is 0 Å². The van der Waals surface area contributed by atoms with Crippen molar-refractivity contribution in [2.75, 3.05) is 38.7 Å². The molecular weight excluding hydrogens is 380 g/mol. The Balaban J connectivity index is 2.34. The first-order valence-corrected chi connectivity index (χ1v) is 10.6. The van der Waals surface area contributed by atoms with Crippen LogP contribution in [0.4, 0.5) is 10.5 Å². The smallest absolute Gasteiger partial charge is 0.421 e. The number of rotatable bonds is 9. The van der Waals surface area contributed by atoms with Crippen LogP contribution < -0.4 is 16.2 Å². The Labute approximate surface area is 166 Å². The molecule has 154 valence electrons. The molecular formula is C19H28N4O4S. The molecule has 0 fully saturated rings. The van der Waals surface area contributed by atoms with Gasteiger partial charge in [0.25, 0.3) is 0 Å². The molecule has 0 aliphatic rings. The molecule has 0 saturated heterocycles. The number of sulfonamides is 1. The van der Waals surface area contributed by atoms with Gasteiger partial charge in [-0.05, 0) is 18.6 Å². The van der Waals surface area contributed by atoms with Crippen molar-refractivity contribution < 1.29 is 17.9 Å². The van der Waals surface area contributed by atoms with Crippen molar-refractivity contribution in [3.8, 4) is 0 Å². The lowest BCUT2D eigenvalue weighted by atomic mass is 10.1. The molecule has 28 heavy (non-hydrogen) atoms. The number of nitrogens with zero attached hydrogens (tertiary/aromatic N) is 2. The minimum atomic E-state index is -3.76. The second kappa shape index (κ2) is 9.72. The van der Waals surface area contributed by atoms with Crippen molar-refractivity contribution in [2.24, 2.45) is 5.84 Å². The third-order valence-corrected chi connectivity index (χ3v) is 6.48. The number of carbonyl (C=O) groups excluding carboxylic acids is 1. The summed E-state index contributed by atoms with van der Waals surface area (Å²) in [5, 5.41) is 1.55. The molecule has 3 N–H and O–H groups in total. The van der Waals surface area contributed by atoms with Crippen molar-refractivity contribution in [3.05, 3.63) is 36.4 Å². The maximum absolute atomic E-state index is 13.1. The lowest BCUT2D eigenvalue weighted by Gasteiger charge is -2.23. The fourth-order valence-electron chi connectivity index (χ4n) is 2.93. The summed E-state index contributed by atoms with van der Waals surface area (Å²) in [5.41, 5.74) is 2.82. The number of nitrogens with two attached hydrogens (primary N) is 1. The van der Waals surface area contributed by atoms with Gasteiger partial charge in [0.1, 0.15) is 6.61 Å². The number of hydrogen-bond acceptors (Lipinski definition) is 6. The van der Waals surface area contributed by atoms with Crippen LogP contribution in [0.3, 0.4) is 0 Å². The minimum Gasteiger partial charge on any atom is -0.447 e. The molecule has 9 heteroatoms. The van der Waals surface area contributed by atoms with Gasteiger partial charge in [-0.3, -0.25) is 5.43 Å². The Morgan fingerprint density at radius 1 is 1.11 bits per heavy atom. The second-order valence-electron chi connectivity index (χ2n) is 6.51. The largest absolute Gasteiger partial charge is 0.447 e. The van der Waals surface area contributed by atoms with Crippen molar-refractivity contribution in [3.63, 3.8) is 0 Å². The molecule has 0 bridgehead atoms. The molecule has 2 aromatic carbocycles. The number of benzene rings is 2. The summed E-state index contributed by atoms with van der Waals surface area (Å²) in [7, 11) is -0.293. The van der Waals surface area contributed by atoms with Crippen LogP contribution in [0.2, 0.25) is 0 Å². The number of hydrazine groups is 1. The van der Waals surface area contributed by atoms with Crippen molar-refractivity contribution in [1.82, 2.24) is 9.73 Å². The first-order chi connectivity index (χ1) is 13.3. The van der Waals surface area contributed by atoms with E-state index in [1.807, 2.05) is 36.7 Å². The van der Waals surface area contributed by atoms with Crippen LogP contribution in [0, 0.1) is 0 Å². The SMILES string of the molecule is CCCCN(C)c1cccc2c(S(=O)(=O)N(C)CCOC(=O)NN)cccc12. The standard InChI is InChI=1S/C19H28N4O4S/c1-4-5-12-22(2)17-10-6-9-16-15(17)8-7-11-18(16)28(25,26)23(3)13-14-27-19(24)21-20/h6-11H,4-5,12-14,20H2,1-3H3,(H,21,24). The van der Waals surface area contributed by atoms with E-state index in [0.717, 1.165) is 30.5 Å². The Bertz CT molecular complexity index is 917. The highest BCUT2D eigenvalue weighted by Gasteiger charge is 2.24. The Hall–Kier alpha value is -2.36. The molecule has 1 amide bonds. The third kappa shape index (κ3) is 4.92. The molecule has 0 saturated carbocycles. The zero-order chi connectivity index (χ0) is 20.7. The first-order valence-electron chi connectivity index (χ1n) is 9.15. The highest BCUT2D eigenvalue weighted by atomic mass is 32.2. The van der Waals surface area contributed by atoms with E-state index in [1.165, 1.54) is 11.4 Å². The molecule has 8 nitrogen and oxygen atoms in total. The first kappa shape index (κ1) is 21.9. The van der Waals surface area contributed by atoms with Gasteiger partial charge < -0.3 is 9.64 Å². The molecule has 0 spiro atoms. The number of ether oxygens (including phenoxy) is 1. The van der Waals surface area contributed by atoms with Crippen LogP contribution >= 0.6 is 0 Å². The highest BCUT2D eigenvalue weighted by Crippen LogP contribution is 2.31. The van der Waals surface area contributed by atoms with E-state index in [1.54, 1.807) is 12.1 Å². The van der Waals surface area contributed by atoms with Crippen molar-refractivity contribution in [2.45, 2.75) is 24.7 Å². The fourth-order valence-corrected chi connectivity index (χ4v) is 4.29. The number of likely N-dealkylation sites (N-methyl/N-ethyl adjacent to an activating group) is 1. The van der Waals surface area contributed by atoms with Crippen molar-refractivity contribution >= 4 is 32.6 Å². The normalized spacial score (nSPS) is 11.6. The second-order valence-corrected chi connectivity index (χ2v) is 8.52. The van der Waals surface area contributed by atoms with Crippen molar-refractivity contribution in [1.29, 1.82) is 0 Å². The van der Waals surface area contributed by atoms with Gasteiger partial charge >= 0.3 is 6.09 Å². The van der Waals surface area contributed by atoms with E-state index >= 15 is 0 Å². The van der Waals surface area contributed by atoms with E-state index in [4.69, 9.17) is 10.6 Å². The summed E-state index contributed by atoms with van der Waals surface area (Å²) < 4.78 is 32.1. The number of amides is 1. The average molecular weight is 409 g/mol. The topological polar surface area (TPSA) is 105 Å². The number of anilines is 1. The summed E-state index contributed by atoms with van der Waals surface area (Å²) in [6.07, 6.45) is 1.34. The van der Waals surface area contributed by atoms with E-state index in [0.29, 0.717) is 5.39 Å². The Morgan fingerprint density at radius 3 is 2.46 bits per heavy atom. The zero-order valence-electron chi connectivity index (χ0n) is 16.5. The van der Waals surface area contributed by atoms with Gasteiger partial charge in [-0.25, -0.2) is 19.1 Å². The van der Waals surface area contributed by atoms with E-state index in [9.17, 15) is 13.2 Å². The third-order valence-electron chi connectivity index (χ3n) is 4.56. The lowest BCUT2D eigenvalue weighted by molar-refractivity contribution is 0.142. The fraction of sp³-hybridized carbons (Fsp3) is 0.421. The van der Waals surface area contributed by atoms with Gasteiger partial charge in [-0.1, -0.05) is 37.6 Å². The number of carbonyl (C=O) groups is 1. The Kier molecular flexibility index (Phi) is 7.61. The lowest BCUT2D eigenvalue weighted by Crippen LogP contribution is -2.35. The predicted octanol–water partition coefficient (Wildman–Crippen LogP) is 2.30. The summed E-state index contributed by atoms with van der Waals surface area (Å²) in [6.45, 7) is 2.95. The van der Waals surface area contributed by atoms with Gasteiger partial charge in [-0.15, -0.1) is 0 Å². The summed E-state index contributed by atoms with van der Waals surface area (Å²) in [5.74, 6) is 4.94. The molecule has 0 radical (unpaired) electrons. The zero-order valence-corrected chi connectivity index (χ0v) is 17.3. The maximum atomic E-state index is 13.1. The van der Waals surface area contributed by atoms with Crippen LogP contribution in [0.1, 0.15) is 19.8 Å². The summed E-state index contributed by atoms with van der Waals surface area (Å²) >= 11 is 0. The molecule has 0 aliphatic carbocycles. The van der Waals surface area contributed by atoms with E-state index in [-0.39, 0.29) is 18.0 Å². The van der Waals surface area contributed by atoms with E-state index < -0.39 is 16.1 Å². The summed E-state index contributed by atoms with van der Waals surface area (Å²) in [4.78, 5) is 13.4. The maximum Gasteiger partial charge on any atom is 0.421 e. The van der Waals surface area contributed by atoms with Gasteiger partial charge in [-0.2, -0.15) is 4.31 Å². The van der Waals surface area contributed by atoms with Gasteiger partial charge in [0.05, 0.1) is 4.90 Å².